The molecule has 0 aromatic heterocycles. The molecule has 0 fully saturated rings. The maximum absolute atomic E-state index is 13.8. The number of benzene rings is 2. The molecule has 0 radical (unpaired) electrons. The first-order valence-electron chi connectivity index (χ1n) is 6.02. The second kappa shape index (κ2) is 6.08. The summed E-state index contributed by atoms with van der Waals surface area (Å²) in [6, 6.07) is 8.14. The van der Waals surface area contributed by atoms with Crippen molar-refractivity contribution in [3.05, 3.63) is 52.3 Å². The predicted molar refractivity (Wildman–Crippen MR) is 75.7 cm³/mol. The standard InChI is InChI=1S/C14H13FN2O4/c1-16-12-8-10(4-6-14(12)20-2)21-13-5-3-9(17(18)19)7-11(13)15/h3-8,16H,1-2H3. The molecule has 0 amide bonds. The monoisotopic (exact) mass is 292 g/mol. The van der Waals surface area contributed by atoms with Gasteiger partial charge in [-0.25, -0.2) is 4.39 Å². The summed E-state index contributed by atoms with van der Waals surface area (Å²) in [5.41, 5.74) is 0.350. The number of anilines is 1. The fourth-order valence-electron chi connectivity index (χ4n) is 1.76. The first-order valence-corrected chi connectivity index (χ1v) is 6.02. The van der Waals surface area contributed by atoms with E-state index in [9.17, 15) is 14.5 Å². The number of rotatable bonds is 5. The van der Waals surface area contributed by atoms with E-state index in [4.69, 9.17) is 9.47 Å². The molecule has 0 spiro atoms. The number of hydrogen-bond donors (Lipinski definition) is 1. The van der Waals surface area contributed by atoms with E-state index in [1.807, 2.05) is 0 Å². The van der Waals surface area contributed by atoms with Crippen LogP contribution in [0.2, 0.25) is 0 Å². The van der Waals surface area contributed by atoms with Crippen molar-refractivity contribution < 1.29 is 18.8 Å². The molecule has 0 heterocycles. The van der Waals surface area contributed by atoms with E-state index in [-0.39, 0.29) is 11.4 Å². The van der Waals surface area contributed by atoms with E-state index >= 15 is 0 Å². The van der Waals surface area contributed by atoms with Gasteiger partial charge in [0.1, 0.15) is 11.5 Å². The number of nitrogens with one attached hydrogen (secondary N) is 1. The van der Waals surface area contributed by atoms with Crippen LogP contribution in [0.5, 0.6) is 17.2 Å². The van der Waals surface area contributed by atoms with E-state index in [0.717, 1.165) is 6.07 Å². The van der Waals surface area contributed by atoms with Crippen molar-refractivity contribution in [1.82, 2.24) is 0 Å². The normalized spacial score (nSPS) is 10.0. The second-order valence-corrected chi connectivity index (χ2v) is 4.09. The molecule has 0 saturated heterocycles. The third kappa shape index (κ3) is 3.19. The van der Waals surface area contributed by atoms with Crippen molar-refractivity contribution in [2.24, 2.45) is 0 Å². The van der Waals surface area contributed by atoms with Crippen LogP contribution in [0.15, 0.2) is 36.4 Å². The number of methoxy groups -OCH3 is 1. The summed E-state index contributed by atoms with van der Waals surface area (Å²) < 4.78 is 24.3. The van der Waals surface area contributed by atoms with Gasteiger partial charge in [0, 0.05) is 19.2 Å². The van der Waals surface area contributed by atoms with E-state index < -0.39 is 10.7 Å². The van der Waals surface area contributed by atoms with Gasteiger partial charge in [0.25, 0.3) is 5.69 Å². The van der Waals surface area contributed by atoms with Crippen LogP contribution in [-0.4, -0.2) is 19.1 Å². The molecule has 0 bridgehead atoms. The van der Waals surface area contributed by atoms with Crippen LogP contribution >= 0.6 is 0 Å². The summed E-state index contributed by atoms with van der Waals surface area (Å²) in [7, 11) is 3.25. The molecule has 2 aromatic rings. The SMILES string of the molecule is CNc1cc(Oc2ccc([N+](=O)[O-])cc2F)ccc1OC. The Morgan fingerprint density at radius 2 is 1.90 bits per heavy atom. The van der Waals surface area contributed by atoms with Gasteiger partial charge in [0.2, 0.25) is 0 Å². The lowest BCUT2D eigenvalue weighted by Gasteiger charge is -2.11. The summed E-state index contributed by atoms with van der Waals surface area (Å²) in [6.07, 6.45) is 0. The molecule has 0 aliphatic rings. The number of nitrogens with zero attached hydrogens (tertiary/aromatic N) is 1. The van der Waals surface area contributed by atoms with Crippen molar-refractivity contribution in [2.75, 3.05) is 19.5 Å². The summed E-state index contributed by atoms with van der Waals surface area (Å²) >= 11 is 0. The number of nitro groups is 1. The molecule has 7 heteroatoms. The minimum Gasteiger partial charge on any atom is -0.495 e. The van der Waals surface area contributed by atoms with E-state index in [0.29, 0.717) is 17.2 Å². The number of ether oxygens (including phenoxy) is 2. The summed E-state index contributed by atoms with van der Waals surface area (Å²) in [5.74, 6) is 0.112. The summed E-state index contributed by atoms with van der Waals surface area (Å²) in [4.78, 5) is 9.89. The van der Waals surface area contributed by atoms with Gasteiger partial charge in [-0.15, -0.1) is 0 Å². The molecule has 0 aliphatic heterocycles. The average Bonchev–Trinajstić information content (AvgIpc) is 2.48. The fraction of sp³-hybridized carbons (Fsp3) is 0.143. The van der Waals surface area contributed by atoms with Gasteiger partial charge < -0.3 is 14.8 Å². The second-order valence-electron chi connectivity index (χ2n) is 4.09. The predicted octanol–water partition coefficient (Wildman–Crippen LogP) is 3.58. The lowest BCUT2D eigenvalue weighted by atomic mass is 10.2. The first-order chi connectivity index (χ1) is 10.0. The van der Waals surface area contributed by atoms with Crippen molar-refractivity contribution in [3.8, 4) is 17.2 Å². The van der Waals surface area contributed by atoms with Gasteiger partial charge in [-0.2, -0.15) is 0 Å². The van der Waals surface area contributed by atoms with Crippen LogP contribution < -0.4 is 14.8 Å². The topological polar surface area (TPSA) is 73.6 Å². The fourth-order valence-corrected chi connectivity index (χ4v) is 1.76. The quantitative estimate of drug-likeness (QED) is 0.673. The van der Waals surface area contributed by atoms with Gasteiger partial charge in [-0.3, -0.25) is 10.1 Å². The Morgan fingerprint density at radius 3 is 2.48 bits per heavy atom. The molecule has 2 rings (SSSR count). The molecule has 110 valence electrons. The van der Waals surface area contributed by atoms with Crippen LogP contribution in [0.4, 0.5) is 15.8 Å². The van der Waals surface area contributed by atoms with Crippen LogP contribution in [0.25, 0.3) is 0 Å². The Balaban J connectivity index is 2.28. The minimum atomic E-state index is -0.800. The van der Waals surface area contributed by atoms with Crippen LogP contribution in [0.3, 0.4) is 0 Å². The van der Waals surface area contributed by atoms with Gasteiger partial charge in [0.05, 0.1) is 23.8 Å². The number of halogens is 1. The Morgan fingerprint density at radius 1 is 1.19 bits per heavy atom. The van der Waals surface area contributed by atoms with E-state index in [1.165, 1.54) is 19.2 Å². The van der Waals surface area contributed by atoms with Crippen molar-refractivity contribution >= 4 is 11.4 Å². The Kier molecular flexibility index (Phi) is 4.22. The Hall–Kier alpha value is -2.83. The zero-order valence-electron chi connectivity index (χ0n) is 11.4. The molecule has 2 aromatic carbocycles. The molecular weight excluding hydrogens is 279 g/mol. The molecule has 21 heavy (non-hydrogen) atoms. The van der Waals surface area contributed by atoms with Crippen molar-refractivity contribution in [3.63, 3.8) is 0 Å². The van der Waals surface area contributed by atoms with Crippen molar-refractivity contribution in [1.29, 1.82) is 0 Å². The van der Waals surface area contributed by atoms with E-state index in [1.54, 1.807) is 25.2 Å². The largest absolute Gasteiger partial charge is 0.495 e. The van der Waals surface area contributed by atoms with Gasteiger partial charge >= 0.3 is 0 Å². The lowest BCUT2D eigenvalue weighted by molar-refractivity contribution is -0.385. The number of hydrogen-bond acceptors (Lipinski definition) is 5. The van der Waals surface area contributed by atoms with Crippen LogP contribution in [0.1, 0.15) is 0 Å². The van der Waals surface area contributed by atoms with Gasteiger partial charge in [-0.1, -0.05) is 0 Å². The average molecular weight is 292 g/mol. The minimum absolute atomic E-state index is 0.0900. The molecule has 0 aliphatic carbocycles. The first kappa shape index (κ1) is 14.6. The number of nitro benzene ring substituents is 1. The number of non-ortho nitro benzene ring substituents is 1. The van der Waals surface area contributed by atoms with Crippen molar-refractivity contribution in [2.45, 2.75) is 0 Å². The lowest BCUT2D eigenvalue weighted by Crippen LogP contribution is -1.96. The maximum Gasteiger partial charge on any atom is 0.272 e. The third-order valence-electron chi connectivity index (χ3n) is 2.79. The summed E-state index contributed by atoms with van der Waals surface area (Å²) in [6.45, 7) is 0. The summed E-state index contributed by atoms with van der Waals surface area (Å²) in [5, 5.41) is 13.5. The molecule has 0 atom stereocenters. The molecule has 6 nitrogen and oxygen atoms in total. The van der Waals surface area contributed by atoms with Gasteiger partial charge in [-0.05, 0) is 18.2 Å². The van der Waals surface area contributed by atoms with E-state index in [2.05, 4.69) is 5.32 Å². The zero-order valence-corrected chi connectivity index (χ0v) is 11.4. The zero-order chi connectivity index (χ0) is 15.4. The van der Waals surface area contributed by atoms with Crippen LogP contribution in [0, 0.1) is 15.9 Å². The smallest absolute Gasteiger partial charge is 0.272 e. The van der Waals surface area contributed by atoms with Crippen LogP contribution in [-0.2, 0) is 0 Å². The molecule has 0 unspecified atom stereocenters. The highest BCUT2D eigenvalue weighted by atomic mass is 19.1. The molecule has 0 saturated carbocycles. The molecule has 1 N–H and O–H groups in total. The highest BCUT2D eigenvalue weighted by molar-refractivity contribution is 5.59. The Bertz CT molecular complexity index is 676. The van der Waals surface area contributed by atoms with Gasteiger partial charge in [0.15, 0.2) is 11.6 Å². The third-order valence-corrected chi connectivity index (χ3v) is 2.79. The highest BCUT2D eigenvalue weighted by Gasteiger charge is 2.13. The highest BCUT2D eigenvalue weighted by Crippen LogP contribution is 2.32. The maximum atomic E-state index is 13.8. The Labute approximate surface area is 120 Å². The molecular formula is C14H13FN2O4.